The van der Waals surface area contributed by atoms with Crippen LogP contribution in [0.5, 0.6) is 5.75 Å². The van der Waals surface area contributed by atoms with E-state index in [1.807, 2.05) is 30.0 Å². The van der Waals surface area contributed by atoms with Gasteiger partial charge < -0.3 is 15.0 Å². The van der Waals surface area contributed by atoms with Crippen LogP contribution in [0.3, 0.4) is 0 Å². The molecule has 5 nitrogen and oxygen atoms in total. The molecule has 138 valence electrons. The van der Waals surface area contributed by atoms with Crippen molar-refractivity contribution in [3.05, 3.63) is 52.7 Å². The Labute approximate surface area is 159 Å². The van der Waals surface area contributed by atoms with Crippen molar-refractivity contribution in [2.45, 2.75) is 25.7 Å². The number of amides is 1. The molecule has 26 heavy (non-hydrogen) atoms. The van der Waals surface area contributed by atoms with Crippen molar-refractivity contribution in [3.8, 4) is 5.75 Å². The average molecular weight is 374 g/mol. The first kappa shape index (κ1) is 18.5. The number of benzene rings is 1. The van der Waals surface area contributed by atoms with E-state index < -0.39 is 0 Å². The number of hydrogen-bond donors (Lipinski definition) is 1. The van der Waals surface area contributed by atoms with Gasteiger partial charge in [0.2, 0.25) is 0 Å². The molecule has 1 fully saturated rings. The number of carbonyl (C=O) groups is 1. The summed E-state index contributed by atoms with van der Waals surface area (Å²) in [4.78, 5) is 19.0. The van der Waals surface area contributed by atoms with Crippen LogP contribution in [-0.4, -0.2) is 42.5 Å². The van der Waals surface area contributed by atoms with E-state index in [1.165, 1.54) is 0 Å². The molecule has 1 aliphatic heterocycles. The quantitative estimate of drug-likeness (QED) is 0.853. The summed E-state index contributed by atoms with van der Waals surface area (Å²) in [6.07, 6.45) is 3.66. The van der Waals surface area contributed by atoms with E-state index in [0.29, 0.717) is 29.6 Å². The highest BCUT2D eigenvalue weighted by molar-refractivity contribution is 6.30. The number of halogens is 1. The van der Waals surface area contributed by atoms with Gasteiger partial charge in [-0.1, -0.05) is 17.7 Å². The van der Waals surface area contributed by atoms with Crippen LogP contribution < -0.4 is 10.1 Å². The third kappa shape index (κ3) is 4.10. The Balaban J connectivity index is 1.80. The smallest absolute Gasteiger partial charge is 0.254 e. The summed E-state index contributed by atoms with van der Waals surface area (Å²) in [5.41, 5.74) is 1.78. The summed E-state index contributed by atoms with van der Waals surface area (Å²) in [5.74, 6) is 1.80. The zero-order valence-electron chi connectivity index (χ0n) is 15.2. The number of pyridine rings is 1. The van der Waals surface area contributed by atoms with Crippen LogP contribution in [0.2, 0.25) is 5.02 Å². The molecule has 0 aliphatic carbocycles. The SMILES string of the molecule is CCOc1cc(Cl)ccc1C1CCCN(C(=O)c2ccnc(NC)c2)C1. The largest absolute Gasteiger partial charge is 0.494 e. The fourth-order valence-electron chi connectivity index (χ4n) is 3.42. The van der Waals surface area contributed by atoms with Crippen molar-refractivity contribution in [3.63, 3.8) is 0 Å². The van der Waals surface area contributed by atoms with Gasteiger partial charge in [-0.2, -0.15) is 0 Å². The lowest BCUT2D eigenvalue weighted by Gasteiger charge is -2.33. The first-order valence-electron chi connectivity index (χ1n) is 8.97. The summed E-state index contributed by atoms with van der Waals surface area (Å²) < 4.78 is 5.78. The van der Waals surface area contributed by atoms with E-state index in [-0.39, 0.29) is 11.8 Å². The van der Waals surface area contributed by atoms with Crippen LogP contribution >= 0.6 is 11.6 Å². The maximum absolute atomic E-state index is 12.9. The summed E-state index contributed by atoms with van der Waals surface area (Å²) in [6.45, 7) is 4.00. The summed E-state index contributed by atoms with van der Waals surface area (Å²) in [6, 6.07) is 9.34. The fourth-order valence-corrected chi connectivity index (χ4v) is 3.59. The molecule has 0 saturated carbocycles. The molecule has 2 heterocycles. The minimum absolute atomic E-state index is 0.0422. The number of carbonyl (C=O) groups excluding carboxylic acids is 1. The molecule has 1 amide bonds. The second-order valence-electron chi connectivity index (χ2n) is 6.39. The third-order valence-corrected chi connectivity index (χ3v) is 4.92. The van der Waals surface area contributed by atoms with Crippen LogP contribution in [-0.2, 0) is 0 Å². The van der Waals surface area contributed by atoms with Crippen molar-refractivity contribution in [2.75, 3.05) is 32.1 Å². The maximum atomic E-state index is 12.9. The Morgan fingerprint density at radius 3 is 3.00 bits per heavy atom. The lowest BCUT2D eigenvalue weighted by atomic mass is 9.89. The van der Waals surface area contributed by atoms with Crippen molar-refractivity contribution in [1.82, 2.24) is 9.88 Å². The van der Waals surface area contributed by atoms with E-state index in [4.69, 9.17) is 16.3 Å². The minimum Gasteiger partial charge on any atom is -0.494 e. The Morgan fingerprint density at radius 1 is 1.38 bits per heavy atom. The Bertz CT molecular complexity index is 781. The summed E-state index contributed by atoms with van der Waals surface area (Å²) >= 11 is 6.12. The maximum Gasteiger partial charge on any atom is 0.254 e. The van der Waals surface area contributed by atoms with Crippen molar-refractivity contribution >= 4 is 23.3 Å². The number of aromatic nitrogens is 1. The summed E-state index contributed by atoms with van der Waals surface area (Å²) in [7, 11) is 1.79. The second kappa shape index (κ2) is 8.41. The molecule has 1 unspecified atom stereocenters. The van der Waals surface area contributed by atoms with Gasteiger partial charge in [0.25, 0.3) is 5.91 Å². The van der Waals surface area contributed by atoms with Gasteiger partial charge >= 0.3 is 0 Å². The molecule has 1 aromatic heterocycles. The molecule has 1 saturated heterocycles. The molecular weight excluding hydrogens is 350 g/mol. The number of nitrogens with one attached hydrogen (secondary N) is 1. The predicted octanol–water partition coefficient (Wildman–Crippen LogP) is 4.20. The number of rotatable bonds is 5. The minimum atomic E-state index is 0.0422. The molecule has 1 N–H and O–H groups in total. The third-order valence-electron chi connectivity index (χ3n) is 4.69. The van der Waals surface area contributed by atoms with Gasteiger partial charge in [-0.25, -0.2) is 4.98 Å². The van der Waals surface area contributed by atoms with Crippen molar-refractivity contribution in [1.29, 1.82) is 0 Å². The van der Waals surface area contributed by atoms with E-state index >= 15 is 0 Å². The number of hydrogen-bond acceptors (Lipinski definition) is 4. The van der Waals surface area contributed by atoms with Crippen LogP contribution in [0, 0.1) is 0 Å². The number of nitrogens with zero attached hydrogens (tertiary/aromatic N) is 2. The Morgan fingerprint density at radius 2 is 2.23 bits per heavy atom. The van der Waals surface area contributed by atoms with Crippen LogP contribution in [0.4, 0.5) is 5.82 Å². The fraction of sp³-hybridized carbons (Fsp3) is 0.400. The Hall–Kier alpha value is -2.27. The average Bonchev–Trinajstić information content (AvgIpc) is 2.68. The molecule has 2 aromatic rings. The first-order chi connectivity index (χ1) is 12.6. The van der Waals surface area contributed by atoms with Crippen LogP contribution in [0.15, 0.2) is 36.5 Å². The predicted molar refractivity (Wildman–Crippen MR) is 104 cm³/mol. The first-order valence-corrected chi connectivity index (χ1v) is 9.35. The van der Waals surface area contributed by atoms with Gasteiger partial charge in [0, 0.05) is 42.8 Å². The lowest BCUT2D eigenvalue weighted by molar-refractivity contribution is 0.0706. The van der Waals surface area contributed by atoms with E-state index in [1.54, 1.807) is 25.4 Å². The monoisotopic (exact) mass is 373 g/mol. The number of likely N-dealkylation sites (tertiary alicyclic amines) is 1. The van der Waals surface area contributed by atoms with Crippen molar-refractivity contribution in [2.24, 2.45) is 0 Å². The molecular formula is C20H24ClN3O2. The van der Waals surface area contributed by atoms with Gasteiger partial charge in [-0.3, -0.25) is 4.79 Å². The molecule has 6 heteroatoms. The molecule has 3 rings (SSSR count). The molecule has 1 aromatic carbocycles. The number of ether oxygens (including phenoxy) is 1. The highest BCUT2D eigenvalue weighted by Gasteiger charge is 2.27. The topological polar surface area (TPSA) is 54.5 Å². The zero-order chi connectivity index (χ0) is 18.5. The summed E-state index contributed by atoms with van der Waals surface area (Å²) in [5, 5.41) is 3.64. The number of piperidine rings is 1. The van der Waals surface area contributed by atoms with Crippen LogP contribution in [0.25, 0.3) is 0 Å². The molecule has 0 bridgehead atoms. The molecule has 0 radical (unpaired) electrons. The van der Waals surface area contributed by atoms with Gasteiger partial charge in [-0.15, -0.1) is 0 Å². The second-order valence-corrected chi connectivity index (χ2v) is 6.82. The standard InChI is InChI=1S/C20H24ClN3O2/c1-3-26-18-12-16(21)6-7-17(18)15-5-4-10-24(13-15)20(25)14-8-9-23-19(11-14)22-2/h6-9,11-12,15H,3-5,10,13H2,1-2H3,(H,22,23). The van der Waals surface area contributed by atoms with E-state index in [0.717, 1.165) is 30.7 Å². The zero-order valence-corrected chi connectivity index (χ0v) is 15.9. The van der Waals surface area contributed by atoms with Crippen LogP contribution in [0.1, 0.15) is 41.6 Å². The molecule has 1 atom stereocenters. The van der Waals surface area contributed by atoms with Gasteiger partial charge in [0.15, 0.2) is 0 Å². The van der Waals surface area contributed by atoms with Gasteiger partial charge in [0.05, 0.1) is 6.61 Å². The lowest BCUT2D eigenvalue weighted by Crippen LogP contribution is -2.39. The highest BCUT2D eigenvalue weighted by Crippen LogP contribution is 2.35. The van der Waals surface area contributed by atoms with E-state index in [9.17, 15) is 4.79 Å². The van der Waals surface area contributed by atoms with Gasteiger partial charge in [0.1, 0.15) is 11.6 Å². The molecule has 0 spiro atoms. The van der Waals surface area contributed by atoms with E-state index in [2.05, 4.69) is 10.3 Å². The molecule has 1 aliphatic rings. The highest BCUT2D eigenvalue weighted by atomic mass is 35.5. The van der Waals surface area contributed by atoms with Crippen molar-refractivity contribution < 1.29 is 9.53 Å². The number of anilines is 1. The Kier molecular flexibility index (Phi) is 5.99. The normalized spacial score (nSPS) is 17.0. The van der Waals surface area contributed by atoms with Gasteiger partial charge in [-0.05, 0) is 49.6 Å².